The molecule has 1 saturated heterocycles. The number of amides is 3. The minimum absolute atomic E-state index is 0.0617. The number of benzene rings is 1. The normalized spacial score (nSPS) is 17.9. The molecule has 3 amide bonds. The molecule has 126 valence electrons. The number of nitrogens with one attached hydrogen (secondary N) is 2. The molecular weight excluding hydrogens is 290 g/mol. The standard InChI is InChI=1S/C18H27N3O2/c1-5-18(3,4)20-16(22)15-7-6-12-21(15)17(23)19-14-10-8-13(2)9-11-14/h8-11,15H,5-7,12H2,1-4H3,(H,19,23)(H,20,22)/t15-/m1/s1. The molecule has 0 bridgehead atoms. The van der Waals surface area contributed by atoms with Crippen LogP contribution in [0.4, 0.5) is 10.5 Å². The molecule has 5 nitrogen and oxygen atoms in total. The van der Waals surface area contributed by atoms with E-state index in [9.17, 15) is 9.59 Å². The largest absolute Gasteiger partial charge is 0.349 e. The van der Waals surface area contributed by atoms with Gasteiger partial charge in [0.05, 0.1) is 0 Å². The highest BCUT2D eigenvalue weighted by Crippen LogP contribution is 2.20. The van der Waals surface area contributed by atoms with E-state index in [2.05, 4.69) is 10.6 Å². The molecule has 5 heteroatoms. The first-order chi connectivity index (χ1) is 10.8. The van der Waals surface area contributed by atoms with Gasteiger partial charge in [-0.25, -0.2) is 4.79 Å². The summed E-state index contributed by atoms with van der Waals surface area (Å²) in [5, 5.41) is 5.92. The van der Waals surface area contributed by atoms with Crippen LogP contribution < -0.4 is 10.6 Å². The average molecular weight is 317 g/mol. The fraction of sp³-hybridized carbons (Fsp3) is 0.556. The molecule has 1 fully saturated rings. The van der Waals surface area contributed by atoms with Gasteiger partial charge < -0.3 is 15.5 Å². The van der Waals surface area contributed by atoms with Gasteiger partial charge in [-0.1, -0.05) is 24.6 Å². The Morgan fingerprint density at radius 2 is 1.91 bits per heavy atom. The summed E-state index contributed by atoms with van der Waals surface area (Å²) in [7, 11) is 0. The van der Waals surface area contributed by atoms with E-state index in [-0.39, 0.29) is 23.5 Å². The molecule has 1 aliphatic rings. The van der Waals surface area contributed by atoms with E-state index >= 15 is 0 Å². The van der Waals surface area contributed by atoms with Crippen LogP contribution in [0.1, 0.15) is 45.6 Å². The quantitative estimate of drug-likeness (QED) is 0.895. The van der Waals surface area contributed by atoms with Crippen LogP contribution in [0, 0.1) is 6.92 Å². The molecule has 0 aromatic heterocycles. The summed E-state index contributed by atoms with van der Waals surface area (Å²) in [4.78, 5) is 26.6. The fourth-order valence-corrected chi connectivity index (χ4v) is 2.62. The number of urea groups is 1. The number of likely N-dealkylation sites (tertiary alicyclic amines) is 1. The Kier molecular flexibility index (Phi) is 5.29. The maximum absolute atomic E-state index is 12.5. The first-order valence-electron chi connectivity index (χ1n) is 8.29. The van der Waals surface area contributed by atoms with Crippen molar-refractivity contribution in [2.24, 2.45) is 0 Å². The van der Waals surface area contributed by atoms with E-state index < -0.39 is 0 Å². The monoisotopic (exact) mass is 317 g/mol. The predicted octanol–water partition coefficient (Wildman–Crippen LogP) is 3.30. The lowest BCUT2D eigenvalue weighted by Crippen LogP contribution is -2.53. The number of carbonyl (C=O) groups is 2. The first-order valence-corrected chi connectivity index (χ1v) is 8.29. The SMILES string of the molecule is CCC(C)(C)NC(=O)[C@H]1CCCN1C(=O)Nc1ccc(C)cc1. The maximum Gasteiger partial charge on any atom is 0.322 e. The van der Waals surface area contributed by atoms with Crippen LogP contribution in [0.5, 0.6) is 0 Å². The summed E-state index contributed by atoms with van der Waals surface area (Å²) < 4.78 is 0. The zero-order valence-electron chi connectivity index (χ0n) is 14.5. The van der Waals surface area contributed by atoms with Crippen molar-refractivity contribution >= 4 is 17.6 Å². The molecule has 1 aromatic carbocycles. The van der Waals surface area contributed by atoms with Gasteiger partial charge in [-0.2, -0.15) is 0 Å². The molecule has 0 aliphatic carbocycles. The zero-order chi connectivity index (χ0) is 17.0. The molecule has 1 heterocycles. The van der Waals surface area contributed by atoms with Crippen molar-refractivity contribution < 1.29 is 9.59 Å². The van der Waals surface area contributed by atoms with Crippen molar-refractivity contribution in [3.63, 3.8) is 0 Å². The summed E-state index contributed by atoms with van der Waals surface area (Å²) in [5.41, 5.74) is 1.64. The van der Waals surface area contributed by atoms with Crippen LogP contribution in [-0.2, 0) is 4.79 Å². The third-order valence-corrected chi connectivity index (χ3v) is 4.46. The van der Waals surface area contributed by atoms with Crippen LogP contribution >= 0.6 is 0 Å². The van der Waals surface area contributed by atoms with Gasteiger partial charge >= 0.3 is 6.03 Å². The smallest absolute Gasteiger partial charge is 0.322 e. The number of rotatable bonds is 4. The Bertz CT molecular complexity index is 566. The van der Waals surface area contributed by atoms with Gasteiger partial charge in [0.1, 0.15) is 6.04 Å². The Labute approximate surface area is 138 Å². The van der Waals surface area contributed by atoms with Crippen molar-refractivity contribution in [2.45, 2.75) is 58.5 Å². The number of hydrogen-bond acceptors (Lipinski definition) is 2. The molecule has 1 aliphatic heterocycles. The lowest BCUT2D eigenvalue weighted by atomic mass is 10.0. The lowest BCUT2D eigenvalue weighted by molar-refractivity contribution is -0.126. The second kappa shape index (κ2) is 7.02. The van der Waals surface area contributed by atoms with Gasteiger partial charge in [-0.15, -0.1) is 0 Å². The van der Waals surface area contributed by atoms with E-state index in [4.69, 9.17) is 0 Å². The van der Waals surface area contributed by atoms with Crippen LogP contribution in [0.15, 0.2) is 24.3 Å². The van der Waals surface area contributed by atoms with Crippen LogP contribution in [0.25, 0.3) is 0 Å². The Morgan fingerprint density at radius 3 is 2.52 bits per heavy atom. The first kappa shape index (κ1) is 17.3. The van der Waals surface area contributed by atoms with E-state index in [0.29, 0.717) is 13.0 Å². The Hall–Kier alpha value is -2.04. The number of hydrogen-bond donors (Lipinski definition) is 2. The van der Waals surface area contributed by atoms with Gasteiger partial charge in [0.15, 0.2) is 0 Å². The van der Waals surface area contributed by atoms with Gasteiger partial charge in [0, 0.05) is 17.8 Å². The second-order valence-electron chi connectivity index (χ2n) is 6.87. The molecule has 2 N–H and O–H groups in total. The summed E-state index contributed by atoms with van der Waals surface area (Å²) in [5.74, 6) is -0.0617. The summed E-state index contributed by atoms with van der Waals surface area (Å²) >= 11 is 0. The molecular formula is C18H27N3O2. The van der Waals surface area contributed by atoms with Gasteiger partial charge in [-0.05, 0) is 52.2 Å². The fourth-order valence-electron chi connectivity index (χ4n) is 2.62. The maximum atomic E-state index is 12.5. The molecule has 0 saturated carbocycles. The summed E-state index contributed by atoms with van der Waals surface area (Å²) in [6.45, 7) is 8.65. The minimum atomic E-state index is -0.383. The highest BCUT2D eigenvalue weighted by molar-refractivity contribution is 5.94. The highest BCUT2D eigenvalue weighted by atomic mass is 16.2. The zero-order valence-corrected chi connectivity index (χ0v) is 14.5. The third kappa shape index (κ3) is 4.47. The van der Waals surface area contributed by atoms with Crippen molar-refractivity contribution in [1.29, 1.82) is 0 Å². The van der Waals surface area contributed by atoms with Crippen molar-refractivity contribution in [3.05, 3.63) is 29.8 Å². The topological polar surface area (TPSA) is 61.4 Å². The number of nitrogens with zero attached hydrogens (tertiary/aromatic N) is 1. The molecule has 1 aromatic rings. The number of anilines is 1. The summed E-state index contributed by atoms with van der Waals surface area (Å²) in [6, 6.07) is 7.06. The van der Waals surface area contributed by atoms with E-state index in [1.807, 2.05) is 52.0 Å². The lowest BCUT2D eigenvalue weighted by Gasteiger charge is -2.30. The Balaban J connectivity index is 2.01. The van der Waals surface area contributed by atoms with Gasteiger partial charge in [0.2, 0.25) is 5.91 Å². The number of aryl methyl sites for hydroxylation is 1. The van der Waals surface area contributed by atoms with Gasteiger partial charge in [0.25, 0.3) is 0 Å². The van der Waals surface area contributed by atoms with Crippen molar-refractivity contribution in [2.75, 3.05) is 11.9 Å². The molecule has 1 atom stereocenters. The number of carbonyl (C=O) groups excluding carboxylic acids is 2. The Morgan fingerprint density at radius 1 is 1.26 bits per heavy atom. The molecule has 0 unspecified atom stereocenters. The van der Waals surface area contributed by atoms with Crippen LogP contribution in [-0.4, -0.2) is 35.0 Å². The molecule has 0 spiro atoms. The molecule has 2 rings (SSSR count). The third-order valence-electron chi connectivity index (χ3n) is 4.46. The highest BCUT2D eigenvalue weighted by Gasteiger charge is 2.35. The van der Waals surface area contributed by atoms with Gasteiger partial charge in [-0.3, -0.25) is 4.79 Å². The minimum Gasteiger partial charge on any atom is -0.349 e. The van der Waals surface area contributed by atoms with Crippen molar-refractivity contribution in [3.8, 4) is 0 Å². The van der Waals surface area contributed by atoms with E-state index in [0.717, 1.165) is 24.1 Å². The molecule has 23 heavy (non-hydrogen) atoms. The molecule has 0 radical (unpaired) electrons. The van der Waals surface area contributed by atoms with Crippen LogP contribution in [0.3, 0.4) is 0 Å². The summed E-state index contributed by atoms with van der Waals surface area (Å²) in [6.07, 6.45) is 2.42. The van der Waals surface area contributed by atoms with E-state index in [1.165, 1.54) is 0 Å². The van der Waals surface area contributed by atoms with Crippen molar-refractivity contribution in [1.82, 2.24) is 10.2 Å². The predicted molar refractivity (Wildman–Crippen MR) is 92.4 cm³/mol. The van der Waals surface area contributed by atoms with E-state index in [1.54, 1.807) is 4.90 Å². The van der Waals surface area contributed by atoms with Crippen LogP contribution in [0.2, 0.25) is 0 Å². The average Bonchev–Trinajstić information content (AvgIpc) is 2.99. The second-order valence-corrected chi connectivity index (χ2v) is 6.87.